The Morgan fingerprint density at radius 3 is 2.29 bits per heavy atom. The van der Waals surface area contributed by atoms with Crippen molar-refractivity contribution in [1.82, 2.24) is 5.32 Å². The summed E-state index contributed by atoms with van der Waals surface area (Å²) in [4.78, 5) is 38.9. The molecule has 0 atom stereocenters. The monoisotopic (exact) mass is 565 g/mol. The van der Waals surface area contributed by atoms with Gasteiger partial charge in [0.25, 0.3) is 11.8 Å². The largest absolute Gasteiger partial charge is 0.465 e. The highest BCUT2D eigenvalue weighted by atomic mass is 35.5. The van der Waals surface area contributed by atoms with Gasteiger partial charge in [0.1, 0.15) is 11.5 Å². The minimum absolute atomic E-state index is 0.00594. The summed E-state index contributed by atoms with van der Waals surface area (Å²) in [5.41, 5.74) is 1.40. The predicted molar refractivity (Wildman–Crippen MR) is 151 cm³/mol. The fraction of sp³-hybridized carbons (Fsp3) is 0.0357. The molecule has 3 N–H and O–H groups in total. The highest BCUT2D eigenvalue weighted by molar-refractivity contribution is 8.00. The third-order valence-corrected chi connectivity index (χ3v) is 6.40. The molecule has 0 unspecified atom stereocenters. The summed E-state index contributed by atoms with van der Waals surface area (Å²) in [6.45, 7) is 0. The van der Waals surface area contributed by atoms with Crippen LogP contribution in [0.2, 0.25) is 10.0 Å². The maximum Gasteiger partial charge on any atom is 0.272 e. The molecular weight excluding hydrogens is 545 g/mol. The second kappa shape index (κ2) is 13.0. The molecule has 0 aliphatic carbocycles. The van der Waals surface area contributed by atoms with Crippen LogP contribution in [0.25, 0.3) is 6.08 Å². The second-order valence-corrected chi connectivity index (χ2v) is 9.79. The van der Waals surface area contributed by atoms with Gasteiger partial charge in [-0.05, 0) is 60.7 Å². The van der Waals surface area contributed by atoms with Gasteiger partial charge in [0.15, 0.2) is 0 Å². The van der Waals surface area contributed by atoms with E-state index in [2.05, 4.69) is 16.0 Å². The molecule has 0 fully saturated rings. The topological polar surface area (TPSA) is 100 Å². The zero-order valence-corrected chi connectivity index (χ0v) is 22.1. The van der Waals surface area contributed by atoms with Crippen LogP contribution in [0.3, 0.4) is 0 Å². The van der Waals surface area contributed by atoms with Gasteiger partial charge >= 0.3 is 0 Å². The van der Waals surface area contributed by atoms with Crippen molar-refractivity contribution < 1.29 is 18.8 Å². The zero-order valence-electron chi connectivity index (χ0n) is 19.7. The third kappa shape index (κ3) is 8.01. The molecule has 0 radical (unpaired) electrons. The molecule has 10 heteroatoms. The molecule has 0 saturated carbocycles. The third-order valence-electron chi connectivity index (χ3n) is 4.97. The van der Waals surface area contributed by atoms with E-state index in [1.165, 1.54) is 24.1 Å². The fourth-order valence-electron chi connectivity index (χ4n) is 3.29. The first-order valence-corrected chi connectivity index (χ1v) is 13.0. The summed E-state index contributed by atoms with van der Waals surface area (Å²) >= 11 is 13.2. The van der Waals surface area contributed by atoms with Gasteiger partial charge in [0.05, 0.1) is 12.0 Å². The molecule has 1 aromatic heterocycles. The minimum atomic E-state index is -0.539. The number of halogens is 2. The Morgan fingerprint density at radius 2 is 1.58 bits per heavy atom. The van der Waals surface area contributed by atoms with Crippen molar-refractivity contribution in [3.8, 4) is 0 Å². The summed E-state index contributed by atoms with van der Waals surface area (Å²) < 4.78 is 5.32. The number of rotatable bonds is 9. The summed E-state index contributed by atoms with van der Waals surface area (Å²) in [5, 5.41) is 9.03. The van der Waals surface area contributed by atoms with Crippen molar-refractivity contribution in [1.29, 1.82) is 0 Å². The van der Waals surface area contributed by atoms with E-state index < -0.39 is 11.8 Å². The smallest absolute Gasteiger partial charge is 0.272 e. The van der Waals surface area contributed by atoms with Gasteiger partial charge in [0, 0.05) is 38.0 Å². The number of anilines is 2. The van der Waals surface area contributed by atoms with Crippen LogP contribution in [-0.2, 0) is 9.59 Å². The molecule has 0 saturated heterocycles. The van der Waals surface area contributed by atoms with Crippen molar-refractivity contribution >= 4 is 70.1 Å². The summed E-state index contributed by atoms with van der Waals surface area (Å²) in [6.07, 6.45) is 2.92. The fourth-order valence-corrected chi connectivity index (χ4v) is 4.57. The van der Waals surface area contributed by atoms with Crippen LogP contribution in [0, 0.1) is 0 Å². The first-order chi connectivity index (χ1) is 18.4. The Balaban J connectivity index is 1.41. The van der Waals surface area contributed by atoms with Crippen molar-refractivity contribution in [2.45, 2.75) is 4.90 Å². The van der Waals surface area contributed by atoms with Gasteiger partial charge in [-0.3, -0.25) is 14.4 Å². The number of nitrogens with one attached hydrogen (secondary N) is 3. The van der Waals surface area contributed by atoms with Gasteiger partial charge in [-0.15, -0.1) is 11.8 Å². The summed E-state index contributed by atoms with van der Waals surface area (Å²) in [7, 11) is 0. The van der Waals surface area contributed by atoms with E-state index >= 15 is 0 Å². The van der Waals surface area contributed by atoms with Crippen LogP contribution in [0.5, 0.6) is 0 Å². The second-order valence-electron chi connectivity index (χ2n) is 7.87. The van der Waals surface area contributed by atoms with Crippen LogP contribution in [0.4, 0.5) is 11.4 Å². The zero-order chi connectivity index (χ0) is 26.9. The van der Waals surface area contributed by atoms with E-state index in [1.807, 2.05) is 6.07 Å². The van der Waals surface area contributed by atoms with Gasteiger partial charge in [-0.1, -0.05) is 47.5 Å². The van der Waals surface area contributed by atoms with Gasteiger partial charge in [-0.2, -0.15) is 0 Å². The maximum absolute atomic E-state index is 13.1. The molecule has 4 aromatic rings. The maximum atomic E-state index is 13.1. The molecule has 3 aromatic carbocycles. The number of hydrogen-bond acceptors (Lipinski definition) is 5. The highest BCUT2D eigenvalue weighted by Gasteiger charge is 2.16. The van der Waals surface area contributed by atoms with E-state index in [0.717, 1.165) is 4.90 Å². The molecule has 3 amide bonds. The van der Waals surface area contributed by atoms with Crippen LogP contribution in [0.15, 0.2) is 106 Å². The number of carbonyl (C=O) groups excluding carboxylic acids is 3. The number of hydrogen-bond donors (Lipinski definition) is 3. The van der Waals surface area contributed by atoms with Crippen molar-refractivity contribution in [2.24, 2.45) is 0 Å². The van der Waals surface area contributed by atoms with Crippen LogP contribution in [0.1, 0.15) is 16.1 Å². The molecular formula is C28H21Cl2N3O4S. The predicted octanol–water partition coefficient (Wildman–Crippen LogP) is 6.73. The van der Waals surface area contributed by atoms with Crippen molar-refractivity contribution in [2.75, 3.05) is 16.4 Å². The van der Waals surface area contributed by atoms with Crippen LogP contribution in [-0.4, -0.2) is 23.5 Å². The number of benzene rings is 3. The Kier molecular flexibility index (Phi) is 9.26. The number of furan rings is 1. The first kappa shape index (κ1) is 27.1. The molecule has 192 valence electrons. The SMILES string of the molecule is O=C(CSc1cccc(NC(=O)/C(=C/c2ccco2)NC(=O)c2ccccc2)c1)Nc1cc(Cl)cc(Cl)c1. The number of thioether (sulfide) groups is 1. The summed E-state index contributed by atoms with van der Waals surface area (Å²) in [5.74, 6) is -0.689. The van der Waals surface area contributed by atoms with E-state index in [1.54, 1.807) is 78.9 Å². The average Bonchev–Trinajstić information content (AvgIpc) is 3.40. The average molecular weight is 566 g/mol. The Labute approximate surface area is 233 Å². The van der Waals surface area contributed by atoms with E-state index in [0.29, 0.717) is 32.7 Å². The molecule has 0 spiro atoms. The standard InChI is InChI=1S/C28H21Cl2N3O4S/c29-19-12-20(30)14-22(13-19)31-26(34)17-38-24-10-4-8-21(15-24)32-28(36)25(16-23-9-5-11-37-23)33-27(35)18-6-2-1-3-7-18/h1-16H,17H2,(H,31,34)(H,32,36)(H,33,35)/b25-16-. The lowest BCUT2D eigenvalue weighted by Gasteiger charge is -2.12. The lowest BCUT2D eigenvalue weighted by Crippen LogP contribution is -2.30. The first-order valence-electron chi connectivity index (χ1n) is 11.3. The molecule has 0 bridgehead atoms. The van der Waals surface area contributed by atoms with E-state index in [9.17, 15) is 14.4 Å². The van der Waals surface area contributed by atoms with Crippen molar-refractivity contribution in [3.63, 3.8) is 0 Å². The number of carbonyl (C=O) groups is 3. The Hall–Kier alpha value is -3.98. The molecule has 4 rings (SSSR count). The normalized spacial score (nSPS) is 11.1. The van der Waals surface area contributed by atoms with E-state index in [-0.39, 0.29) is 17.4 Å². The molecule has 1 heterocycles. The lowest BCUT2D eigenvalue weighted by atomic mass is 10.2. The van der Waals surface area contributed by atoms with Crippen LogP contribution >= 0.6 is 35.0 Å². The Bertz CT molecular complexity index is 1450. The van der Waals surface area contributed by atoms with Gasteiger partial charge < -0.3 is 20.4 Å². The lowest BCUT2D eigenvalue weighted by molar-refractivity contribution is -0.114. The van der Waals surface area contributed by atoms with Crippen molar-refractivity contribution in [3.05, 3.63) is 118 Å². The molecule has 38 heavy (non-hydrogen) atoms. The van der Waals surface area contributed by atoms with Crippen LogP contribution < -0.4 is 16.0 Å². The molecule has 0 aliphatic heterocycles. The van der Waals surface area contributed by atoms with Gasteiger partial charge in [-0.25, -0.2) is 0 Å². The highest BCUT2D eigenvalue weighted by Crippen LogP contribution is 2.25. The van der Waals surface area contributed by atoms with Gasteiger partial charge in [0.2, 0.25) is 5.91 Å². The minimum Gasteiger partial charge on any atom is -0.465 e. The quantitative estimate of drug-likeness (QED) is 0.154. The number of amides is 3. The molecule has 7 nitrogen and oxygen atoms in total. The summed E-state index contributed by atoms with van der Waals surface area (Å²) in [6, 6.07) is 23.7. The molecule has 0 aliphatic rings. The Morgan fingerprint density at radius 1 is 0.816 bits per heavy atom. The van der Waals surface area contributed by atoms with E-state index in [4.69, 9.17) is 27.6 Å².